The zero-order valence-corrected chi connectivity index (χ0v) is 11.0. The highest BCUT2D eigenvalue weighted by molar-refractivity contribution is 5.07. The number of aryl methyl sites for hydroxylation is 1. The van der Waals surface area contributed by atoms with Crippen LogP contribution in [0.25, 0.3) is 0 Å². The van der Waals surface area contributed by atoms with Crippen LogP contribution in [0.4, 0.5) is 0 Å². The minimum absolute atomic E-state index is 0.281. The van der Waals surface area contributed by atoms with E-state index in [0.29, 0.717) is 11.8 Å². The standard InChI is InChI=1S/C13H22N4O/c1-2-16-6-5-11(8-16)13-15-14-12-4-3-10(9-18)7-17(12)13/h10-11,18H,2-9H2,1H3. The van der Waals surface area contributed by atoms with Gasteiger partial charge in [0.25, 0.3) is 0 Å². The number of likely N-dealkylation sites (tertiary alicyclic amines) is 1. The molecule has 3 rings (SSSR count). The van der Waals surface area contributed by atoms with Crippen molar-refractivity contribution < 1.29 is 5.11 Å². The largest absolute Gasteiger partial charge is 0.396 e. The first-order valence-electron chi connectivity index (χ1n) is 7.07. The summed E-state index contributed by atoms with van der Waals surface area (Å²) in [6.07, 6.45) is 3.19. The summed E-state index contributed by atoms with van der Waals surface area (Å²) < 4.78 is 2.27. The van der Waals surface area contributed by atoms with Gasteiger partial charge in [-0.05, 0) is 25.9 Å². The van der Waals surface area contributed by atoms with Crippen LogP contribution in [0.3, 0.4) is 0 Å². The molecule has 5 heteroatoms. The van der Waals surface area contributed by atoms with Crippen molar-refractivity contribution in [2.24, 2.45) is 5.92 Å². The van der Waals surface area contributed by atoms with Crippen LogP contribution in [-0.2, 0) is 13.0 Å². The van der Waals surface area contributed by atoms with Gasteiger partial charge in [-0.15, -0.1) is 10.2 Å². The van der Waals surface area contributed by atoms with Crippen molar-refractivity contribution in [3.05, 3.63) is 11.6 Å². The predicted octanol–water partition coefficient (Wildman–Crippen LogP) is 0.642. The van der Waals surface area contributed by atoms with Crippen LogP contribution in [0.15, 0.2) is 0 Å². The number of fused-ring (bicyclic) bond motifs is 1. The number of rotatable bonds is 3. The molecule has 2 aliphatic heterocycles. The second-order valence-corrected chi connectivity index (χ2v) is 5.55. The monoisotopic (exact) mass is 250 g/mol. The first-order valence-corrected chi connectivity index (χ1v) is 7.07. The Morgan fingerprint density at radius 2 is 2.17 bits per heavy atom. The van der Waals surface area contributed by atoms with Crippen molar-refractivity contribution in [1.29, 1.82) is 0 Å². The summed E-state index contributed by atoms with van der Waals surface area (Å²) in [5.41, 5.74) is 0. The van der Waals surface area contributed by atoms with Gasteiger partial charge in [-0.3, -0.25) is 0 Å². The smallest absolute Gasteiger partial charge is 0.137 e. The molecule has 1 fully saturated rings. The lowest BCUT2D eigenvalue weighted by atomic mass is 9.99. The van der Waals surface area contributed by atoms with Crippen LogP contribution in [-0.4, -0.2) is 51.0 Å². The molecule has 0 saturated carbocycles. The van der Waals surface area contributed by atoms with E-state index in [2.05, 4.69) is 26.6 Å². The van der Waals surface area contributed by atoms with Crippen LogP contribution in [0, 0.1) is 5.92 Å². The Morgan fingerprint density at radius 1 is 1.28 bits per heavy atom. The van der Waals surface area contributed by atoms with E-state index in [1.807, 2.05) is 0 Å². The fraction of sp³-hybridized carbons (Fsp3) is 0.846. The number of aliphatic hydroxyl groups excluding tert-OH is 1. The summed E-state index contributed by atoms with van der Waals surface area (Å²) in [5.74, 6) is 3.18. The van der Waals surface area contributed by atoms with Gasteiger partial charge in [0, 0.05) is 38.0 Å². The number of aromatic nitrogens is 3. The maximum Gasteiger partial charge on any atom is 0.137 e. The van der Waals surface area contributed by atoms with Crippen molar-refractivity contribution in [3.63, 3.8) is 0 Å². The second kappa shape index (κ2) is 4.97. The Labute approximate surface area is 108 Å². The minimum Gasteiger partial charge on any atom is -0.396 e. The predicted molar refractivity (Wildman–Crippen MR) is 68.4 cm³/mol. The lowest BCUT2D eigenvalue weighted by Crippen LogP contribution is -2.26. The maximum atomic E-state index is 9.33. The highest BCUT2D eigenvalue weighted by Gasteiger charge is 2.30. The van der Waals surface area contributed by atoms with E-state index in [4.69, 9.17) is 0 Å². The average molecular weight is 250 g/mol. The van der Waals surface area contributed by atoms with Gasteiger partial charge < -0.3 is 14.6 Å². The molecular formula is C13H22N4O. The minimum atomic E-state index is 0.281. The van der Waals surface area contributed by atoms with Gasteiger partial charge in [0.1, 0.15) is 11.6 Å². The summed E-state index contributed by atoms with van der Waals surface area (Å²) in [4.78, 5) is 2.47. The van der Waals surface area contributed by atoms with Gasteiger partial charge in [-0.1, -0.05) is 6.92 Å². The van der Waals surface area contributed by atoms with Crippen LogP contribution >= 0.6 is 0 Å². The molecule has 2 aliphatic rings. The van der Waals surface area contributed by atoms with E-state index < -0.39 is 0 Å². The average Bonchev–Trinajstić information content (AvgIpc) is 3.03. The van der Waals surface area contributed by atoms with Crippen molar-refractivity contribution in [2.75, 3.05) is 26.2 Å². The molecule has 0 radical (unpaired) electrons. The fourth-order valence-corrected chi connectivity index (χ4v) is 3.20. The Bertz CT molecular complexity index is 417. The molecular weight excluding hydrogens is 228 g/mol. The molecule has 0 aliphatic carbocycles. The second-order valence-electron chi connectivity index (χ2n) is 5.55. The summed E-state index contributed by atoms with van der Waals surface area (Å²) in [5, 5.41) is 18.1. The van der Waals surface area contributed by atoms with Crippen molar-refractivity contribution in [1.82, 2.24) is 19.7 Å². The Balaban J connectivity index is 1.80. The zero-order chi connectivity index (χ0) is 12.5. The molecule has 0 amide bonds. The van der Waals surface area contributed by atoms with Crippen molar-refractivity contribution in [3.8, 4) is 0 Å². The van der Waals surface area contributed by atoms with E-state index >= 15 is 0 Å². The molecule has 1 aromatic rings. The third kappa shape index (κ3) is 2.06. The van der Waals surface area contributed by atoms with Gasteiger partial charge in [0.2, 0.25) is 0 Å². The zero-order valence-electron chi connectivity index (χ0n) is 11.0. The van der Waals surface area contributed by atoms with Crippen molar-refractivity contribution in [2.45, 2.75) is 38.6 Å². The van der Waals surface area contributed by atoms with Gasteiger partial charge >= 0.3 is 0 Å². The molecule has 0 aromatic carbocycles. The summed E-state index contributed by atoms with van der Waals surface area (Å²) >= 11 is 0. The highest BCUT2D eigenvalue weighted by Crippen LogP contribution is 2.29. The molecule has 1 aromatic heterocycles. The first kappa shape index (κ1) is 12.1. The lowest BCUT2D eigenvalue weighted by molar-refractivity contribution is 0.188. The molecule has 2 unspecified atom stereocenters. The van der Waals surface area contributed by atoms with E-state index in [9.17, 15) is 5.11 Å². The van der Waals surface area contributed by atoms with Gasteiger partial charge in [0.05, 0.1) is 0 Å². The third-order valence-corrected chi connectivity index (χ3v) is 4.42. The molecule has 5 nitrogen and oxygen atoms in total. The van der Waals surface area contributed by atoms with Gasteiger partial charge in [-0.2, -0.15) is 0 Å². The molecule has 1 N–H and O–H groups in total. The SMILES string of the molecule is CCN1CCC(c2nnc3n2CC(CO)CC3)C1. The van der Waals surface area contributed by atoms with E-state index in [0.717, 1.165) is 44.1 Å². The third-order valence-electron chi connectivity index (χ3n) is 4.42. The molecule has 0 spiro atoms. The molecule has 18 heavy (non-hydrogen) atoms. The Morgan fingerprint density at radius 3 is 2.89 bits per heavy atom. The van der Waals surface area contributed by atoms with Crippen LogP contribution in [0.2, 0.25) is 0 Å². The summed E-state index contributed by atoms with van der Waals surface area (Å²) in [6.45, 7) is 6.80. The normalized spacial score (nSPS) is 28.6. The van der Waals surface area contributed by atoms with Crippen LogP contribution in [0.1, 0.15) is 37.3 Å². The quantitative estimate of drug-likeness (QED) is 0.855. The van der Waals surface area contributed by atoms with Gasteiger partial charge in [-0.25, -0.2) is 0 Å². The van der Waals surface area contributed by atoms with Gasteiger partial charge in [0.15, 0.2) is 0 Å². The topological polar surface area (TPSA) is 54.2 Å². The number of nitrogens with zero attached hydrogens (tertiary/aromatic N) is 4. The Kier molecular flexibility index (Phi) is 3.35. The Hall–Kier alpha value is -0.940. The number of hydrogen-bond donors (Lipinski definition) is 1. The van der Waals surface area contributed by atoms with Crippen LogP contribution < -0.4 is 0 Å². The van der Waals surface area contributed by atoms with Crippen LogP contribution in [0.5, 0.6) is 0 Å². The highest BCUT2D eigenvalue weighted by atomic mass is 16.3. The summed E-state index contributed by atoms with van der Waals surface area (Å²) in [6, 6.07) is 0. The first-order chi connectivity index (χ1) is 8.81. The summed E-state index contributed by atoms with van der Waals surface area (Å²) in [7, 11) is 0. The van der Waals surface area contributed by atoms with E-state index in [1.54, 1.807) is 0 Å². The van der Waals surface area contributed by atoms with E-state index in [-0.39, 0.29) is 6.61 Å². The molecule has 0 bridgehead atoms. The fourth-order valence-electron chi connectivity index (χ4n) is 3.20. The maximum absolute atomic E-state index is 9.33. The lowest BCUT2D eigenvalue weighted by Gasteiger charge is -2.24. The molecule has 100 valence electrons. The van der Waals surface area contributed by atoms with Crippen molar-refractivity contribution >= 4 is 0 Å². The molecule has 3 heterocycles. The molecule has 2 atom stereocenters. The number of aliphatic hydroxyl groups is 1. The molecule has 1 saturated heterocycles. The number of hydrogen-bond acceptors (Lipinski definition) is 4. The number of likely N-dealkylation sites (N-methyl/N-ethyl adjacent to an activating group) is 1. The van der Waals surface area contributed by atoms with E-state index in [1.165, 1.54) is 13.0 Å².